The van der Waals surface area contributed by atoms with Crippen LogP contribution in [-0.4, -0.2) is 83.4 Å². The highest BCUT2D eigenvalue weighted by Gasteiger charge is 2.39. The molecule has 0 spiro atoms. The zero-order valence-electron chi connectivity index (χ0n) is 16.2. The van der Waals surface area contributed by atoms with E-state index in [2.05, 4.69) is 5.32 Å². The number of likely N-dealkylation sites (tertiary alicyclic amines) is 1. The molecule has 2 aliphatic rings. The standard InChI is InChI=1S/C19H25FN4O5/c1-12(26)21-11-24-17(27)9-14(19(24)29)13-2-3-16(15(20)8-13)22-4-6-23(7-5-22)18(28)10-25/h2-3,8,14,17,25,27H,4-7,9-11H2,1H3,(H,21,26). The van der Waals surface area contributed by atoms with E-state index in [1.807, 2.05) is 4.90 Å². The largest absolute Gasteiger partial charge is 0.387 e. The topological polar surface area (TPSA) is 113 Å². The van der Waals surface area contributed by atoms with E-state index in [1.54, 1.807) is 12.1 Å². The molecule has 0 bridgehead atoms. The van der Waals surface area contributed by atoms with Gasteiger partial charge in [-0.1, -0.05) is 6.07 Å². The van der Waals surface area contributed by atoms with Gasteiger partial charge in [-0.3, -0.25) is 19.3 Å². The van der Waals surface area contributed by atoms with Gasteiger partial charge in [0.05, 0.1) is 18.3 Å². The van der Waals surface area contributed by atoms with Crippen LogP contribution in [0.1, 0.15) is 24.8 Å². The molecule has 0 saturated carbocycles. The zero-order chi connectivity index (χ0) is 21.1. The number of nitrogens with one attached hydrogen (secondary N) is 1. The van der Waals surface area contributed by atoms with Crippen molar-refractivity contribution in [1.29, 1.82) is 0 Å². The molecule has 29 heavy (non-hydrogen) atoms. The van der Waals surface area contributed by atoms with Crippen LogP contribution in [0.25, 0.3) is 0 Å². The third-order valence-corrected chi connectivity index (χ3v) is 5.37. The summed E-state index contributed by atoms with van der Waals surface area (Å²) in [5.74, 6) is -2.19. The van der Waals surface area contributed by atoms with Crippen molar-refractivity contribution >= 4 is 23.4 Å². The molecule has 2 unspecified atom stereocenters. The summed E-state index contributed by atoms with van der Waals surface area (Å²) in [6, 6.07) is 4.57. The van der Waals surface area contributed by atoms with Gasteiger partial charge in [-0.15, -0.1) is 0 Å². The fourth-order valence-electron chi connectivity index (χ4n) is 3.74. The number of amides is 3. The summed E-state index contributed by atoms with van der Waals surface area (Å²) < 4.78 is 14.8. The van der Waals surface area contributed by atoms with Crippen LogP contribution in [0.3, 0.4) is 0 Å². The van der Waals surface area contributed by atoms with Crippen molar-refractivity contribution in [3.8, 4) is 0 Å². The monoisotopic (exact) mass is 408 g/mol. The lowest BCUT2D eigenvalue weighted by Crippen LogP contribution is -2.49. The number of hydrogen-bond acceptors (Lipinski definition) is 6. The number of aliphatic hydroxyl groups excluding tert-OH is 2. The number of carbonyl (C=O) groups is 3. The van der Waals surface area contributed by atoms with E-state index in [0.717, 1.165) is 4.90 Å². The van der Waals surface area contributed by atoms with E-state index in [-0.39, 0.29) is 30.8 Å². The van der Waals surface area contributed by atoms with Crippen molar-refractivity contribution in [1.82, 2.24) is 15.1 Å². The Balaban J connectivity index is 1.68. The van der Waals surface area contributed by atoms with E-state index >= 15 is 0 Å². The predicted molar refractivity (Wildman–Crippen MR) is 101 cm³/mol. The number of anilines is 1. The first-order chi connectivity index (χ1) is 13.8. The molecule has 2 heterocycles. The molecule has 3 N–H and O–H groups in total. The van der Waals surface area contributed by atoms with Gasteiger partial charge in [0.2, 0.25) is 17.7 Å². The molecule has 3 rings (SSSR count). The van der Waals surface area contributed by atoms with Crippen molar-refractivity contribution in [3.05, 3.63) is 29.6 Å². The first-order valence-corrected chi connectivity index (χ1v) is 9.47. The van der Waals surface area contributed by atoms with Crippen molar-refractivity contribution < 1.29 is 29.0 Å². The predicted octanol–water partition coefficient (Wildman–Crippen LogP) is -0.805. The summed E-state index contributed by atoms with van der Waals surface area (Å²) in [6.07, 6.45) is -0.918. The highest BCUT2D eigenvalue weighted by atomic mass is 19.1. The fraction of sp³-hybridized carbons (Fsp3) is 0.526. The molecule has 0 radical (unpaired) electrons. The van der Waals surface area contributed by atoms with Gasteiger partial charge in [-0.2, -0.15) is 0 Å². The lowest BCUT2D eigenvalue weighted by molar-refractivity contribution is -0.136. The maximum absolute atomic E-state index is 14.8. The average Bonchev–Trinajstić information content (AvgIpc) is 2.99. The molecule has 1 aromatic rings. The lowest BCUT2D eigenvalue weighted by atomic mass is 9.96. The minimum Gasteiger partial charge on any atom is -0.387 e. The number of nitrogens with zero attached hydrogens (tertiary/aromatic N) is 3. The maximum Gasteiger partial charge on any atom is 0.248 e. The minimum absolute atomic E-state index is 0.0940. The molecule has 1 aromatic carbocycles. The summed E-state index contributed by atoms with van der Waals surface area (Å²) in [5, 5.41) is 21.5. The first kappa shape index (κ1) is 21.0. The normalized spacial score (nSPS) is 22.2. The highest BCUT2D eigenvalue weighted by molar-refractivity contribution is 5.86. The van der Waals surface area contributed by atoms with E-state index in [0.29, 0.717) is 37.4 Å². The van der Waals surface area contributed by atoms with Gasteiger partial charge >= 0.3 is 0 Å². The van der Waals surface area contributed by atoms with Gasteiger partial charge in [0.1, 0.15) is 18.7 Å². The third-order valence-electron chi connectivity index (χ3n) is 5.37. The maximum atomic E-state index is 14.8. The molecule has 0 aromatic heterocycles. The van der Waals surface area contributed by atoms with E-state index in [4.69, 9.17) is 5.11 Å². The number of benzene rings is 1. The van der Waals surface area contributed by atoms with Crippen LogP contribution in [0.15, 0.2) is 18.2 Å². The summed E-state index contributed by atoms with van der Waals surface area (Å²) >= 11 is 0. The van der Waals surface area contributed by atoms with Crippen molar-refractivity contribution in [2.75, 3.05) is 44.4 Å². The van der Waals surface area contributed by atoms with E-state index < -0.39 is 24.6 Å². The molecule has 3 amide bonds. The Morgan fingerprint density at radius 2 is 1.93 bits per heavy atom. The van der Waals surface area contributed by atoms with Crippen LogP contribution in [-0.2, 0) is 14.4 Å². The Bertz CT molecular complexity index is 797. The zero-order valence-corrected chi connectivity index (χ0v) is 16.2. The van der Waals surface area contributed by atoms with Gasteiger partial charge in [-0.05, 0) is 17.7 Å². The quantitative estimate of drug-likeness (QED) is 0.588. The molecule has 158 valence electrons. The third kappa shape index (κ3) is 4.48. The molecular weight excluding hydrogens is 383 g/mol. The molecule has 9 nitrogen and oxygen atoms in total. The molecular formula is C19H25FN4O5. The summed E-state index contributed by atoms with van der Waals surface area (Å²) in [5.41, 5.74) is 0.848. The SMILES string of the molecule is CC(=O)NCN1C(=O)C(c2ccc(N3CCN(C(=O)CO)CC3)c(F)c2)CC1O. The van der Waals surface area contributed by atoms with Crippen LogP contribution in [0, 0.1) is 5.82 Å². The van der Waals surface area contributed by atoms with Crippen molar-refractivity contribution in [3.63, 3.8) is 0 Å². The van der Waals surface area contributed by atoms with Gasteiger partial charge in [-0.25, -0.2) is 4.39 Å². The lowest BCUT2D eigenvalue weighted by Gasteiger charge is -2.36. The van der Waals surface area contributed by atoms with Crippen molar-refractivity contribution in [2.24, 2.45) is 0 Å². The Labute approximate surface area is 167 Å². The van der Waals surface area contributed by atoms with Gasteiger partial charge in [0, 0.05) is 39.5 Å². The molecule has 2 saturated heterocycles. The number of carbonyl (C=O) groups excluding carboxylic acids is 3. The Morgan fingerprint density at radius 1 is 1.24 bits per heavy atom. The molecule has 2 aliphatic heterocycles. The van der Waals surface area contributed by atoms with Gasteiger partial charge in [0.15, 0.2) is 0 Å². The highest BCUT2D eigenvalue weighted by Crippen LogP contribution is 2.34. The number of hydrogen-bond donors (Lipinski definition) is 3. The van der Waals surface area contributed by atoms with Gasteiger partial charge < -0.3 is 25.3 Å². The Hall–Kier alpha value is -2.72. The second kappa shape index (κ2) is 8.75. The number of piperazine rings is 1. The fourth-order valence-corrected chi connectivity index (χ4v) is 3.74. The second-order valence-corrected chi connectivity index (χ2v) is 7.20. The number of aliphatic hydroxyl groups is 2. The Kier molecular flexibility index (Phi) is 6.33. The van der Waals surface area contributed by atoms with E-state index in [9.17, 15) is 23.9 Å². The van der Waals surface area contributed by atoms with Crippen LogP contribution in [0.5, 0.6) is 0 Å². The van der Waals surface area contributed by atoms with Crippen LogP contribution < -0.4 is 10.2 Å². The molecule has 10 heteroatoms. The molecule has 2 atom stereocenters. The van der Waals surface area contributed by atoms with Crippen LogP contribution in [0.4, 0.5) is 10.1 Å². The molecule has 2 fully saturated rings. The smallest absolute Gasteiger partial charge is 0.248 e. The van der Waals surface area contributed by atoms with Crippen LogP contribution in [0.2, 0.25) is 0 Å². The minimum atomic E-state index is -1.04. The van der Waals surface area contributed by atoms with Crippen LogP contribution >= 0.6 is 0 Å². The first-order valence-electron chi connectivity index (χ1n) is 9.47. The van der Waals surface area contributed by atoms with E-state index in [1.165, 1.54) is 17.9 Å². The van der Waals surface area contributed by atoms with Gasteiger partial charge in [0.25, 0.3) is 0 Å². The summed E-state index contributed by atoms with van der Waals surface area (Å²) in [6.45, 7) is 2.35. The Morgan fingerprint density at radius 3 is 2.52 bits per heavy atom. The number of rotatable bonds is 5. The second-order valence-electron chi connectivity index (χ2n) is 7.20. The number of halogens is 1. The average molecular weight is 408 g/mol. The van der Waals surface area contributed by atoms with Crippen molar-refractivity contribution in [2.45, 2.75) is 25.5 Å². The summed E-state index contributed by atoms with van der Waals surface area (Å²) in [4.78, 5) is 39.7. The molecule has 0 aliphatic carbocycles. The summed E-state index contributed by atoms with van der Waals surface area (Å²) in [7, 11) is 0.